The van der Waals surface area contributed by atoms with Crippen molar-refractivity contribution in [2.75, 3.05) is 26.4 Å². The summed E-state index contributed by atoms with van der Waals surface area (Å²) in [5.41, 5.74) is -3.43. The SMILES string of the molecule is CCOC(=O)C1(C(=O)OCC)NC(=O)[C@H](P(=O)(OCC)OCC)[C@H]1c1ccc(Cl)cc1. The standard InChI is InChI=1S/C20H27ClNO8P/c1-5-27-18(24)20(19(25)28-6-2)15(13-9-11-14(21)12-10-13)16(17(23)22-20)31(26,29-7-3)30-8-4/h9-12,15-16H,5-8H2,1-4H3,(H,22,23)/t15-,16-/m1/s1. The number of halogens is 1. The van der Waals surface area contributed by atoms with Gasteiger partial charge in [-0.2, -0.15) is 0 Å². The zero-order valence-corrected chi connectivity index (χ0v) is 19.5. The van der Waals surface area contributed by atoms with Gasteiger partial charge in [0.2, 0.25) is 11.4 Å². The third-order valence-corrected chi connectivity index (χ3v) is 7.46. The minimum atomic E-state index is -4.11. The number of hydrogen-bond acceptors (Lipinski definition) is 8. The first-order chi connectivity index (χ1) is 14.7. The van der Waals surface area contributed by atoms with E-state index in [4.69, 9.17) is 30.1 Å². The average molecular weight is 476 g/mol. The Morgan fingerprint density at radius 2 is 1.45 bits per heavy atom. The van der Waals surface area contributed by atoms with Crippen LogP contribution in [0.4, 0.5) is 0 Å². The molecular weight excluding hydrogens is 449 g/mol. The molecule has 0 aliphatic carbocycles. The molecule has 0 radical (unpaired) electrons. The van der Waals surface area contributed by atoms with Gasteiger partial charge in [0, 0.05) is 5.02 Å². The first-order valence-corrected chi connectivity index (χ1v) is 12.0. The molecule has 11 heteroatoms. The van der Waals surface area contributed by atoms with Gasteiger partial charge in [-0.15, -0.1) is 0 Å². The van der Waals surface area contributed by atoms with Crippen molar-refractivity contribution in [1.82, 2.24) is 5.32 Å². The number of benzene rings is 1. The summed E-state index contributed by atoms with van der Waals surface area (Å²) in [6, 6.07) is 6.14. The van der Waals surface area contributed by atoms with Gasteiger partial charge in [-0.1, -0.05) is 23.7 Å². The summed E-state index contributed by atoms with van der Waals surface area (Å²) in [7, 11) is -4.11. The van der Waals surface area contributed by atoms with Gasteiger partial charge >= 0.3 is 19.5 Å². The van der Waals surface area contributed by atoms with Crippen LogP contribution in [-0.4, -0.2) is 55.5 Å². The lowest BCUT2D eigenvalue weighted by molar-refractivity contribution is -0.167. The van der Waals surface area contributed by atoms with Gasteiger partial charge in [0.1, 0.15) is 0 Å². The molecule has 0 spiro atoms. The topological polar surface area (TPSA) is 117 Å². The lowest BCUT2D eigenvalue weighted by atomic mass is 9.80. The lowest BCUT2D eigenvalue weighted by Crippen LogP contribution is -2.60. The maximum absolute atomic E-state index is 13.7. The van der Waals surface area contributed by atoms with Crippen molar-refractivity contribution in [3.05, 3.63) is 34.9 Å². The number of ether oxygens (including phenoxy) is 2. The van der Waals surface area contributed by atoms with E-state index in [2.05, 4.69) is 5.32 Å². The van der Waals surface area contributed by atoms with Crippen molar-refractivity contribution < 1.29 is 37.5 Å². The Morgan fingerprint density at radius 3 is 1.87 bits per heavy atom. The summed E-state index contributed by atoms with van der Waals surface area (Å²) >= 11 is 6.00. The molecule has 31 heavy (non-hydrogen) atoms. The third kappa shape index (κ3) is 4.80. The molecule has 172 valence electrons. The zero-order valence-electron chi connectivity index (χ0n) is 17.9. The number of rotatable bonds is 10. The predicted molar refractivity (Wildman–Crippen MR) is 113 cm³/mol. The first kappa shape index (κ1) is 25.3. The molecule has 1 saturated heterocycles. The highest BCUT2D eigenvalue weighted by atomic mass is 35.5. The van der Waals surface area contributed by atoms with E-state index in [1.807, 2.05) is 0 Å². The fourth-order valence-corrected chi connectivity index (χ4v) is 6.00. The molecule has 0 aromatic heterocycles. The Kier molecular flexibility index (Phi) is 8.65. The highest BCUT2D eigenvalue weighted by molar-refractivity contribution is 7.56. The van der Waals surface area contributed by atoms with Crippen molar-refractivity contribution in [3.8, 4) is 0 Å². The highest BCUT2D eigenvalue weighted by Crippen LogP contribution is 2.61. The number of amides is 1. The summed E-state index contributed by atoms with van der Waals surface area (Å²) in [4.78, 5) is 39.4. The summed E-state index contributed by atoms with van der Waals surface area (Å²) in [5, 5.41) is 2.82. The van der Waals surface area contributed by atoms with Crippen molar-refractivity contribution in [2.24, 2.45) is 0 Å². The van der Waals surface area contributed by atoms with E-state index in [0.29, 0.717) is 10.6 Å². The number of esters is 2. The van der Waals surface area contributed by atoms with Crippen LogP contribution in [0.25, 0.3) is 0 Å². The largest absolute Gasteiger partial charge is 0.464 e. The van der Waals surface area contributed by atoms with Crippen LogP contribution in [0.15, 0.2) is 24.3 Å². The number of carbonyl (C=O) groups excluding carboxylic acids is 3. The van der Waals surface area contributed by atoms with E-state index >= 15 is 0 Å². The van der Waals surface area contributed by atoms with E-state index in [0.717, 1.165) is 0 Å². The van der Waals surface area contributed by atoms with Crippen LogP contribution in [-0.2, 0) is 37.5 Å². The van der Waals surface area contributed by atoms with Crippen molar-refractivity contribution >= 4 is 37.0 Å². The second-order valence-corrected chi connectivity index (χ2v) is 9.18. The Morgan fingerprint density at radius 1 is 0.968 bits per heavy atom. The molecule has 1 aromatic rings. The molecule has 1 N–H and O–H groups in total. The number of hydrogen-bond donors (Lipinski definition) is 1. The van der Waals surface area contributed by atoms with Crippen LogP contribution >= 0.6 is 19.2 Å². The average Bonchev–Trinajstić information content (AvgIpc) is 3.04. The van der Waals surface area contributed by atoms with E-state index in [9.17, 15) is 18.9 Å². The molecule has 1 aromatic carbocycles. The molecule has 2 rings (SSSR count). The normalized spacial score (nSPS) is 20.2. The van der Waals surface area contributed by atoms with E-state index in [-0.39, 0.29) is 26.4 Å². The molecule has 9 nitrogen and oxygen atoms in total. The lowest BCUT2D eigenvalue weighted by Gasteiger charge is -2.33. The summed E-state index contributed by atoms with van der Waals surface area (Å²) in [6.45, 7) is 6.19. The summed E-state index contributed by atoms with van der Waals surface area (Å²) in [5.74, 6) is -4.18. The maximum Gasteiger partial charge on any atom is 0.344 e. The zero-order chi connectivity index (χ0) is 23.2. The fourth-order valence-electron chi connectivity index (χ4n) is 3.65. The smallest absolute Gasteiger partial charge is 0.344 e. The second kappa shape index (κ2) is 10.6. The molecule has 1 aliphatic heterocycles. The molecule has 1 fully saturated rings. The Labute approximate surface area is 186 Å². The minimum Gasteiger partial charge on any atom is -0.464 e. The Hall–Kier alpha value is -1.93. The predicted octanol–water partition coefficient (Wildman–Crippen LogP) is 3.05. The molecule has 0 saturated carbocycles. The van der Waals surface area contributed by atoms with Crippen LogP contribution < -0.4 is 5.32 Å². The van der Waals surface area contributed by atoms with Gasteiger partial charge < -0.3 is 23.8 Å². The fraction of sp³-hybridized carbons (Fsp3) is 0.550. The Bertz CT molecular complexity index is 831. The van der Waals surface area contributed by atoms with Crippen molar-refractivity contribution in [1.29, 1.82) is 0 Å². The first-order valence-electron chi connectivity index (χ1n) is 10.0. The molecule has 2 atom stereocenters. The van der Waals surface area contributed by atoms with Crippen LogP contribution in [0.2, 0.25) is 5.02 Å². The number of nitrogens with one attached hydrogen (secondary N) is 1. The maximum atomic E-state index is 13.7. The second-order valence-electron chi connectivity index (χ2n) is 6.59. The third-order valence-electron chi connectivity index (χ3n) is 4.75. The highest BCUT2D eigenvalue weighted by Gasteiger charge is 2.69. The van der Waals surface area contributed by atoms with Crippen LogP contribution in [0.1, 0.15) is 39.2 Å². The van der Waals surface area contributed by atoms with Crippen LogP contribution in [0, 0.1) is 0 Å². The monoisotopic (exact) mass is 475 g/mol. The van der Waals surface area contributed by atoms with Crippen molar-refractivity contribution in [3.63, 3.8) is 0 Å². The van der Waals surface area contributed by atoms with Crippen LogP contribution in [0.3, 0.4) is 0 Å². The number of carbonyl (C=O) groups is 3. The summed E-state index contributed by atoms with van der Waals surface area (Å²) in [6.07, 6.45) is 0. The quantitative estimate of drug-likeness (QED) is 0.312. The minimum absolute atomic E-state index is 0.0137. The molecule has 1 heterocycles. The van der Waals surface area contributed by atoms with Gasteiger partial charge in [-0.25, -0.2) is 9.59 Å². The molecule has 1 aliphatic rings. The van der Waals surface area contributed by atoms with Gasteiger partial charge in [-0.3, -0.25) is 9.36 Å². The Balaban J connectivity index is 2.80. The summed E-state index contributed by atoms with van der Waals surface area (Å²) < 4.78 is 34.8. The molecule has 1 amide bonds. The van der Waals surface area contributed by atoms with Gasteiger partial charge in [0.25, 0.3) is 0 Å². The van der Waals surface area contributed by atoms with Crippen LogP contribution in [0.5, 0.6) is 0 Å². The van der Waals surface area contributed by atoms with E-state index in [1.54, 1.807) is 27.7 Å². The van der Waals surface area contributed by atoms with Crippen molar-refractivity contribution in [2.45, 2.75) is 44.8 Å². The molecular formula is C20H27ClNO8P. The van der Waals surface area contributed by atoms with Gasteiger partial charge in [0.05, 0.1) is 32.3 Å². The molecule has 0 bridgehead atoms. The van der Waals surface area contributed by atoms with Gasteiger partial charge in [-0.05, 0) is 45.4 Å². The van der Waals surface area contributed by atoms with E-state index in [1.165, 1.54) is 24.3 Å². The molecule has 0 unspecified atom stereocenters. The van der Waals surface area contributed by atoms with Gasteiger partial charge in [0.15, 0.2) is 5.66 Å². The van der Waals surface area contributed by atoms with E-state index < -0.39 is 42.6 Å².